The van der Waals surface area contributed by atoms with Crippen molar-refractivity contribution in [3.8, 4) is 17.0 Å². The van der Waals surface area contributed by atoms with Crippen LogP contribution >= 0.6 is 0 Å². The number of ether oxygens (including phenoxy) is 1. The van der Waals surface area contributed by atoms with Gasteiger partial charge in [-0.3, -0.25) is 9.48 Å². The van der Waals surface area contributed by atoms with Crippen molar-refractivity contribution in [3.63, 3.8) is 0 Å². The second-order valence-electron chi connectivity index (χ2n) is 9.78. The molecule has 4 aromatic rings. The lowest BCUT2D eigenvalue weighted by Gasteiger charge is -2.21. The van der Waals surface area contributed by atoms with Crippen LogP contribution in [0.1, 0.15) is 47.3 Å². The highest BCUT2D eigenvalue weighted by molar-refractivity contribution is 5.96. The van der Waals surface area contributed by atoms with Crippen molar-refractivity contribution in [3.05, 3.63) is 77.6 Å². The Morgan fingerprint density at radius 3 is 2.78 bits per heavy atom. The normalized spacial score (nSPS) is 16.8. The summed E-state index contributed by atoms with van der Waals surface area (Å²) in [6.07, 6.45) is 6.11. The molecule has 0 unspecified atom stereocenters. The molecule has 1 saturated heterocycles. The fourth-order valence-electron chi connectivity index (χ4n) is 4.93. The molecule has 2 aromatic carbocycles. The number of likely N-dealkylation sites (N-methyl/N-ethyl adjacent to an activating group) is 1. The summed E-state index contributed by atoms with van der Waals surface area (Å²) in [5.74, 6) is 0.610. The molecule has 2 atom stereocenters. The molecule has 0 radical (unpaired) electrons. The number of amides is 1. The Kier molecular flexibility index (Phi) is 6.74. The molecule has 0 spiro atoms. The number of para-hydroxylation sites is 1. The zero-order valence-electron chi connectivity index (χ0n) is 21.4. The van der Waals surface area contributed by atoms with E-state index in [0.29, 0.717) is 18.2 Å². The van der Waals surface area contributed by atoms with Crippen molar-refractivity contribution in [2.45, 2.75) is 38.8 Å². The Morgan fingerprint density at radius 2 is 2.03 bits per heavy atom. The van der Waals surface area contributed by atoms with Gasteiger partial charge in [0.15, 0.2) is 0 Å². The van der Waals surface area contributed by atoms with Crippen LogP contribution in [0.4, 0.5) is 0 Å². The largest absolute Gasteiger partial charge is 0.492 e. The Bertz CT molecular complexity index is 1400. The highest BCUT2D eigenvalue weighted by Crippen LogP contribution is 2.29. The molecule has 1 fully saturated rings. The maximum atomic E-state index is 13.4. The molecule has 0 bridgehead atoms. The van der Waals surface area contributed by atoms with Gasteiger partial charge in [-0.05, 0) is 75.7 Å². The Morgan fingerprint density at radius 1 is 1.19 bits per heavy atom. The van der Waals surface area contributed by atoms with Gasteiger partial charge < -0.3 is 15.0 Å². The van der Waals surface area contributed by atoms with Crippen LogP contribution in [0.3, 0.4) is 0 Å². The first-order chi connectivity index (χ1) is 17.4. The molecule has 36 heavy (non-hydrogen) atoms. The lowest BCUT2D eigenvalue weighted by molar-refractivity contribution is 0.0939. The zero-order valence-corrected chi connectivity index (χ0v) is 21.4. The van der Waals surface area contributed by atoms with Crippen LogP contribution in [-0.2, 0) is 7.05 Å². The Balaban J connectivity index is 1.38. The molecule has 7 nitrogen and oxygen atoms in total. The van der Waals surface area contributed by atoms with Crippen LogP contribution in [0.25, 0.3) is 22.2 Å². The summed E-state index contributed by atoms with van der Waals surface area (Å²) in [6.45, 7) is 5.71. The average Bonchev–Trinajstić information content (AvgIpc) is 3.50. The maximum Gasteiger partial charge on any atom is 0.252 e. The van der Waals surface area contributed by atoms with E-state index in [9.17, 15) is 4.79 Å². The molecule has 3 heterocycles. The first-order valence-electron chi connectivity index (χ1n) is 12.5. The van der Waals surface area contributed by atoms with Crippen molar-refractivity contribution in [1.29, 1.82) is 0 Å². The Hall–Kier alpha value is -3.71. The minimum atomic E-state index is -0.225. The average molecular weight is 484 g/mol. The van der Waals surface area contributed by atoms with Crippen LogP contribution in [0.2, 0.25) is 0 Å². The lowest BCUT2D eigenvalue weighted by Crippen LogP contribution is -2.30. The number of pyridine rings is 1. The third kappa shape index (κ3) is 4.97. The van der Waals surface area contributed by atoms with Crippen molar-refractivity contribution in [2.24, 2.45) is 7.05 Å². The van der Waals surface area contributed by atoms with Gasteiger partial charge in [0.05, 0.1) is 23.4 Å². The highest BCUT2D eigenvalue weighted by atomic mass is 16.5. The third-order valence-corrected chi connectivity index (χ3v) is 7.13. The number of aromatic nitrogens is 3. The van der Waals surface area contributed by atoms with Gasteiger partial charge in [-0.25, -0.2) is 4.98 Å². The van der Waals surface area contributed by atoms with E-state index in [2.05, 4.69) is 28.4 Å². The van der Waals surface area contributed by atoms with E-state index < -0.39 is 0 Å². The fourth-order valence-corrected chi connectivity index (χ4v) is 4.93. The predicted molar refractivity (Wildman–Crippen MR) is 142 cm³/mol. The fraction of sp³-hybridized carbons (Fsp3) is 0.345. The van der Waals surface area contributed by atoms with Crippen LogP contribution in [0.5, 0.6) is 5.75 Å². The summed E-state index contributed by atoms with van der Waals surface area (Å²) in [5, 5.41) is 8.52. The third-order valence-electron chi connectivity index (χ3n) is 7.13. The summed E-state index contributed by atoms with van der Waals surface area (Å²) in [5.41, 5.74) is 5.23. The summed E-state index contributed by atoms with van der Waals surface area (Å²) < 4.78 is 7.85. The van der Waals surface area contributed by atoms with Gasteiger partial charge in [0.1, 0.15) is 12.4 Å². The number of aryl methyl sites for hydroxylation is 2. The van der Waals surface area contributed by atoms with Crippen molar-refractivity contribution in [2.75, 3.05) is 20.2 Å². The quantitative estimate of drug-likeness (QED) is 0.405. The smallest absolute Gasteiger partial charge is 0.252 e. The molecular formula is C29H33N5O2. The summed E-state index contributed by atoms with van der Waals surface area (Å²) >= 11 is 0. The number of nitrogens with one attached hydrogen (secondary N) is 1. The van der Waals surface area contributed by atoms with E-state index >= 15 is 0 Å². The van der Waals surface area contributed by atoms with Gasteiger partial charge >= 0.3 is 0 Å². The number of hydrogen-bond acceptors (Lipinski definition) is 5. The van der Waals surface area contributed by atoms with E-state index in [-0.39, 0.29) is 11.9 Å². The molecule has 0 aliphatic carbocycles. The maximum absolute atomic E-state index is 13.4. The zero-order chi connectivity index (χ0) is 25.2. The molecule has 1 N–H and O–H groups in total. The molecule has 1 aliphatic heterocycles. The SMILES string of the molecule is Cc1ccc(OC[C@@H]2CCCN2C)cc1C(=O)N[C@H](C)c1cc(-c2cnn(C)c2)nc2ccccc12. The van der Waals surface area contributed by atoms with Gasteiger partial charge in [0.2, 0.25) is 0 Å². The number of hydrogen-bond donors (Lipinski definition) is 1. The summed E-state index contributed by atoms with van der Waals surface area (Å²) in [6, 6.07) is 16.0. The van der Waals surface area contributed by atoms with Crippen molar-refractivity contribution < 1.29 is 9.53 Å². The standard InChI is InChI=1S/C29H33N5O2/c1-19-11-12-23(36-18-22-8-7-13-33(22)3)14-25(19)29(35)31-20(2)26-15-28(21-16-30-34(4)17-21)32-27-10-6-5-9-24(26)27/h5-6,9-12,14-17,20,22H,7-8,13,18H2,1-4H3,(H,31,35)/t20-,22+/m1/s1. The molecule has 5 rings (SSSR count). The van der Waals surface area contributed by atoms with Gasteiger partial charge in [0.25, 0.3) is 5.91 Å². The summed E-state index contributed by atoms with van der Waals surface area (Å²) in [4.78, 5) is 20.6. The molecule has 186 valence electrons. The van der Waals surface area contributed by atoms with Crippen LogP contribution in [0, 0.1) is 6.92 Å². The Labute approximate surface area is 212 Å². The monoisotopic (exact) mass is 483 g/mol. The molecule has 2 aromatic heterocycles. The number of nitrogens with zero attached hydrogens (tertiary/aromatic N) is 4. The number of likely N-dealkylation sites (tertiary alicyclic amines) is 1. The van der Waals surface area contributed by atoms with Gasteiger partial charge in [-0.2, -0.15) is 5.10 Å². The number of carbonyl (C=O) groups excluding carboxylic acids is 1. The van der Waals surface area contributed by atoms with E-state index in [1.54, 1.807) is 4.68 Å². The van der Waals surface area contributed by atoms with Gasteiger partial charge in [-0.1, -0.05) is 24.3 Å². The van der Waals surface area contributed by atoms with E-state index in [1.807, 2.05) is 75.8 Å². The van der Waals surface area contributed by atoms with Crippen molar-refractivity contribution >= 4 is 16.8 Å². The predicted octanol–water partition coefficient (Wildman–Crippen LogP) is 4.91. The molecule has 0 saturated carbocycles. The second-order valence-corrected chi connectivity index (χ2v) is 9.78. The van der Waals surface area contributed by atoms with Crippen LogP contribution in [-0.4, -0.2) is 51.8 Å². The van der Waals surface area contributed by atoms with Gasteiger partial charge in [-0.15, -0.1) is 0 Å². The van der Waals surface area contributed by atoms with Crippen LogP contribution < -0.4 is 10.1 Å². The van der Waals surface area contributed by atoms with E-state index in [0.717, 1.165) is 52.0 Å². The number of fused-ring (bicyclic) bond motifs is 1. The minimum Gasteiger partial charge on any atom is -0.492 e. The first kappa shape index (κ1) is 24.0. The minimum absolute atomic E-state index is 0.118. The molecule has 1 aliphatic rings. The summed E-state index contributed by atoms with van der Waals surface area (Å²) in [7, 11) is 4.03. The molecular weight excluding hydrogens is 450 g/mol. The first-order valence-corrected chi connectivity index (χ1v) is 12.5. The van der Waals surface area contributed by atoms with Gasteiger partial charge in [0, 0.05) is 35.8 Å². The topological polar surface area (TPSA) is 72.3 Å². The number of carbonyl (C=O) groups is 1. The van der Waals surface area contributed by atoms with Crippen LogP contribution in [0.15, 0.2) is 60.9 Å². The van der Waals surface area contributed by atoms with E-state index in [4.69, 9.17) is 9.72 Å². The lowest BCUT2D eigenvalue weighted by atomic mass is 9.99. The number of benzene rings is 2. The highest BCUT2D eigenvalue weighted by Gasteiger charge is 2.22. The molecule has 7 heteroatoms. The molecule has 1 amide bonds. The second kappa shape index (κ2) is 10.1. The number of rotatable bonds is 7. The van der Waals surface area contributed by atoms with E-state index in [1.165, 1.54) is 6.42 Å². The van der Waals surface area contributed by atoms with Crippen molar-refractivity contribution in [1.82, 2.24) is 25.0 Å².